The van der Waals surface area contributed by atoms with Crippen LogP contribution < -0.4 is 5.32 Å². The van der Waals surface area contributed by atoms with Crippen molar-refractivity contribution < 1.29 is 4.92 Å². The van der Waals surface area contributed by atoms with E-state index in [2.05, 4.69) is 22.1 Å². The van der Waals surface area contributed by atoms with Crippen LogP contribution in [0.2, 0.25) is 0 Å². The van der Waals surface area contributed by atoms with E-state index in [1.54, 1.807) is 6.07 Å². The Morgan fingerprint density at radius 2 is 2.42 bits per heavy atom. The third-order valence-electron chi connectivity index (χ3n) is 3.65. The number of aryl methyl sites for hydroxylation is 1. The molecule has 1 aromatic heterocycles. The molecule has 1 saturated heterocycles. The minimum absolute atomic E-state index is 0.0427. The first-order valence-corrected chi connectivity index (χ1v) is 6.67. The molecular formula is C13H20N4O2. The standard InChI is InChI=1S/C13H20N4O2/c1-3-16-5-4-11(9-16)7-14-13-10(2)6-12(8-15-13)17(18)19/h6,8,11H,3-5,7,9H2,1-2H3,(H,14,15). The zero-order chi connectivity index (χ0) is 13.8. The first kappa shape index (κ1) is 13.7. The number of nitrogens with one attached hydrogen (secondary N) is 1. The second kappa shape index (κ2) is 5.97. The fourth-order valence-corrected chi connectivity index (χ4v) is 2.45. The molecule has 1 aliphatic heterocycles. The van der Waals surface area contributed by atoms with Crippen molar-refractivity contribution in [1.29, 1.82) is 0 Å². The summed E-state index contributed by atoms with van der Waals surface area (Å²) in [6, 6.07) is 1.56. The van der Waals surface area contributed by atoms with Crippen LogP contribution in [0.4, 0.5) is 11.5 Å². The van der Waals surface area contributed by atoms with Crippen LogP contribution in [0.5, 0.6) is 0 Å². The predicted molar refractivity (Wildman–Crippen MR) is 74.3 cm³/mol. The lowest BCUT2D eigenvalue weighted by atomic mass is 10.1. The molecule has 19 heavy (non-hydrogen) atoms. The van der Waals surface area contributed by atoms with Crippen LogP contribution >= 0.6 is 0 Å². The fraction of sp³-hybridized carbons (Fsp3) is 0.615. The third-order valence-corrected chi connectivity index (χ3v) is 3.65. The summed E-state index contributed by atoms with van der Waals surface area (Å²) < 4.78 is 0. The number of pyridine rings is 1. The van der Waals surface area contributed by atoms with Gasteiger partial charge in [-0.25, -0.2) is 4.98 Å². The van der Waals surface area contributed by atoms with E-state index in [4.69, 9.17) is 0 Å². The number of nitro groups is 1. The maximum absolute atomic E-state index is 10.6. The maximum Gasteiger partial charge on any atom is 0.287 e. The van der Waals surface area contributed by atoms with E-state index in [0.29, 0.717) is 5.92 Å². The van der Waals surface area contributed by atoms with Gasteiger partial charge in [0.1, 0.15) is 12.0 Å². The SMILES string of the molecule is CCN1CCC(CNc2ncc([N+](=O)[O-])cc2C)C1. The highest BCUT2D eigenvalue weighted by atomic mass is 16.6. The van der Waals surface area contributed by atoms with Crippen molar-refractivity contribution >= 4 is 11.5 Å². The molecule has 0 radical (unpaired) electrons. The van der Waals surface area contributed by atoms with E-state index in [0.717, 1.165) is 37.6 Å². The Hall–Kier alpha value is -1.69. The largest absolute Gasteiger partial charge is 0.370 e. The molecule has 0 spiro atoms. The lowest BCUT2D eigenvalue weighted by molar-refractivity contribution is -0.385. The number of rotatable bonds is 5. The first-order chi connectivity index (χ1) is 9.10. The van der Waals surface area contributed by atoms with E-state index in [1.807, 2.05) is 6.92 Å². The van der Waals surface area contributed by atoms with Gasteiger partial charge in [-0.3, -0.25) is 10.1 Å². The van der Waals surface area contributed by atoms with Gasteiger partial charge in [-0.1, -0.05) is 6.92 Å². The van der Waals surface area contributed by atoms with Crippen LogP contribution in [0.3, 0.4) is 0 Å². The van der Waals surface area contributed by atoms with Gasteiger partial charge in [-0.2, -0.15) is 0 Å². The summed E-state index contributed by atoms with van der Waals surface area (Å²) >= 11 is 0. The van der Waals surface area contributed by atoms with Crippen molar-refractivity contribution in [2.45, 2.75) is 20.3 Å². The summed E-state index contributed by atoms with van der Waals surface area (Å²) in [6.07, 6.45) is 2.51. The summed E-state index contributed by atoms with van der Waals surface area (Å²) in [7, 11) is 0. The summed E-state index contributed by atoms with van der Waals surface area (Å²) in [4.78, 5) is 16.8. The Kier molecular flexibility index (Phi) is 4.31. The summed E-state index contributed by atoms with van der Waals surface area (Å²) in [5.74, 6) is 1.39. The molecule has 0 saturated carbocycles. The second-order valence-corrected chi connectivity index (χ2v) is 5.04. The Labute approximate surface area is 113 Å². The Morgan fingerprint density at radius 1 is 1.63 bits per heavy atom. The average Bonchev–Trinajstić information content (AvgIpc) is 2.85. The molecule has 104 valence electrons. The summed E-state index contributed by atoms with van der Waals surface area (Å²) in [5.41, 5.74) is 0.862. The van der Waals surface area contributed by atoms with E-state index < -0.39 is 4.92 Å². The average molecular weight is 264 g/mol. The van der Waals surface area contributed by atoms with Gasteiger partial charge in [0.25, 0.3) is 5.69 Å². The van der Waals surface area contributed by atoms with Gasteiger partial charge in [-0.15, -0.1) is 0 Å². The van der Waals surface area contributed by atoms with Gasteiger partial charge >= 0.3 is 0 Å². The number of hydrogen-bond acceptors (Lipinski definition) is 5. The summed E-state index contributed by atoms with van der Waals surface area (Å²) in [6.45, 7) is 8.28. The third kappa shape index (κ3) is 3.41. The Balaban J connectivity index is 1.91. The Bertz CT molecular complexity index is 464. The Morgan fingerprint density at radius 3 is 3.00 bits per heavy atom. The van der Waals surface area contributed by atoms with Gasteiger partial charge < -0.3 is 10.2 Å². The molecular weight excluding hydrogens is 244 g/mol. The smallest absolute Gasteiger partial charge is 0.287 e. The number of anilines is 1. The van der Waals surface area contributed by atoms with Crippen LogP contribution in [-0.4, -0.2) is 41.0 Å². The molecule has 0 amide bonds. The van der Waals surface area contributed by atoms with Gasteiger partial charge in [0.05, 0.1) is 4.92 Å². The molecule has 0 bridgehead atoms. The van der Waals surface area contributed by atoms with Gasteiger partial charge in [0.2, 0.25) is 0 Å². The van der Waals surface area contributed by atoms with Crippen LogP contribution in [-0.2, 0) is 0 Å². The number of aromatic nitrogens is 1. The van der Waals surface area contributed by atoms with Crippen molar-refractivity contribution in [3.05, 3.63) is 27.9 Å². The fourth-order valence-electron chi connectivity index (χ4n) is 2.45. The highest BCUT2D eigenvalue weighted by Crippen LogP contribution is 2.20. The van der Waals surface area contributed by atoms with E-state index in [9.17, 15) is 10.1 Å². The monoisotopic (exact) mass is 264 g/mol. The molecule has 1 fully saturated rings. The quantitative estimate of drug-likeness (QED) is 0.651. The molecule has 2 heterocycles. The van der Waals surface area contributed by atoms with Crippen molar-refractivity contribution in [1.82, 2.24) is 9.88 Å². The molecule has 2 rings (SSSR count). The predicted octanol–water partition coefficient (Wildman–Crippen LogP) is 2.05. The van der Waals surface area contributed by atoms with Crippen LogP contribution in [0, 0.1) is 23.0 Å². The van der Waals surface area contributed by atoms with Gasteiger partial charge in [-0.05, 0) is 37.9 Å². The van der Waals surface area contributed by atoms with Crippen molar-refractivity contribution in [2.75, 3.05) is 31.5 Å². The highest BCUT2D eigenvalue weighted by Gasteiger charge is 2.21. The van der Waals surface area contributed by atoms with Crippen LogP contribution in [0.25, 0.3) is 0 Å². The first-order valence-electron chi connectivity index (χ1n) is 6.67. The molecule has 1 aromatic rings. The van der Waals surface area contributed by atoms with Gasteiger partial charge in [0, 0.05) is 19.2 Å². The number of nitrogens with zero attached hydrogens (tertiary/aromatic N) is 3. The minimum atomic E-state index is -0.417. The topological polar surface area (TPSA) is 71.3 Å². The van der Waals surface area contributed by atoms with Crippen LogP contribution in [0.15, 0.2) is 12.3 Å². The van der Waals surface area contributed by atoms with Crippen molar-refractivity contribution in [3.8, 4) is 0 Å². The maximum atomic E-state index is 10.6. The van der Waals surface area contributed by atoms with Gasteiger partial charge in [0.15, 0.2) is 0 Å². The van der Waals surface area contributed by atoms with E-state index in [-0.39, 0.29) is 5.69 Å². The molecule has 0 aromatic carbocycles. The molecule has 1 atom stereocenters. The molecule has 0 aliphatic carbocycles. The zero-order valence-corrected chi connectivity index (χ0v) is 11.4. The lowest BCUT2D eigenvalue weighted by Gasteiger charge is -2.14. The molecule has 1 N–H and O–H groups in total. The van der Waals surface area contributed by atoms with E-state index >= 15 is 0 Å². The normalized spacial score (nSPS) is 19.6. The molecule has 6 nitrogen and oxygen atoms in total. The molecule has 6 heteroatoms. The van der Waals surface area contributed by atoms with Crippen molar-refractivity contribution in [3.63, 3.8) is 0 Å². The van der Waals surface area contributed by atoms with E-state index in [1.165, 1.54) is 12.6 Å². The lowest BCUT2D eigenvalue weighted by Crippen LogP contribution is -2.22. The number of hydrogen-bond donors (Lipinski definition) is 1. The molecule has 1 unspecified atom stereocenters. The second-order valence-electron chi connectivity index (χ2n) is 5.04. The number of likely N-dealkylation sites (tertiary alicyclic amines) is 1. The minimum Gasteiger partial charge on any atom is -0.370 e. The zero-order valence-electron chi connectivity index (χ0n) is 11.4. The van der Waals surface area contributed by atoms with Crippen molar-refractivity contribution in [2.24, 2.45) is 5.92 Å². The highest BCUT2D eigenvalue weighted by molar-refractivity contribution is 5.48. The summed E-state index contributed by atoms with van der Waals surface area (Å²) in [5, 5.41) is 13.9. The van der Waals surface area contributed by atoms with Crippen LogP contribution in [0.1, 0.15) is 18.9 Å². The molecule has 1 aliphatic rings.